The van der Waals surface area contributed by atoms with Gasteiger partial charge >= 0.3 is 0 Å². The fourth-order valence-electron chi connectivity index (χ4n) is 2.72. The monoisotopic (exact) mass is 294 g/mol. The Balaban J connectivity index is 2.20. The first-order valence-electron chi connectivity index (χ1n) is 7.75. The van der Waals surface area contributed by atoms with E-state index in [1.54, 1.807) is 14.2 Å². The van der Waals surface area contributed by atoms with E-state index in [2.05, 4.69) is 6.92 Å². The fourth-order valence-corrected chi connectivity index (χ4v) is 2.72. The van der Waals surface area contributed by atoms with Gasteiger partial charge in [-0.1, -0.05) is 26.2 Å². The van der Waals surface area contributed by atoms with Gasteiger partial charge in [-0.05, 0) is 18.6 Å². The van der Waals surface area contributed by atoms with Crippen LogP contribution < -0.4 is 9.47 Å². The lowest BCUT2D eigenvalue weighted by molar-refractivity contribution is -0.171. The molecule has 1 aromatic rings. The summed E-state index contributed by atoms with van der Waals surface area (Å²) in [5.41, 5.74) is 0.979. The van der Waals surface area contributed by atoms with Crippen molar-refractivity contribution in [3.63, 3.8) is 0 Å². The molecular formula is C17H26O4. The Hall–Kier alpha value is -1.26. The van der Waals surface area contributed by atoms with Crippen molar-refractivity contribution >= 4 is 0 Å². The number of benzene rings is 1. The number of hydrogen-bond acceptors (Lipinski definition) is 4. The molecule has 0 aliphatic carbocycles. The van der Waals surface area contributed by atoms with Crippen molar-refractivity contribution in [3.8, 4) is 11.5 Å². The molecule has 0 atom stereocenters. The number of hydrogen-bond donors (Lipinski definition) is 0. The lowest BCUT2D eigenvalue weighted by Crippen LogP contribution is -2.27. The fraction of sp³-hybridized carbons (Fsp3) is 0.647. The standard InChI is InChI=1S/C17H26O4/c1-4-5-6-7-8-17(20-9-10-21-17)14-11-15(18-2)13-16(12-14)19-3/h11-13H,4-10H2,1-3H3. The summed E-state index contributed by atoms with van der Waals surface area (Å²) >= 11 is 0. The van der Waals surface area contributed by atoms with Crippen molar-refractivity contribution < 1.29 is 18.9 Å². The van der Waals surface area contributed by atoms with Gasteiger partial charge in [-0.3, -0.25) is 0 Å². The molecule has 1 saturated heterocycles. The van der Waals surface area contributed by atoms with Gasteiger partial charge in [0.1, 0.15) is 11.5 Å². The van der Waals surface area contributed by atoms with E-state index >= 15 is 0 Å². The zero-order valence-corrected chi connectivity index (χ0v) is 13.3. The van der Waals surface area contributed by atoms with Crippen molar-refractivity contribution in [1.82, 2.24) is 0 Å². The summed E-state index contributed by atoms with van der Waals surface area (Å²) in [4.78, 5) is 0. The number of rotatable bonds is 8. The van der Waals surface area contributed by atoms with Crippen LogP contribution >= 0.6 is 0 Å². The maximum absolute atomic E-state index is 5.97. The second kappa shape index (κ2) is 7.66. The molecule has 0 unspecified atom stereocenters. The molecule has 1 fully saturated rings. The van der Waals surface area contributed by atoms with Gasteiger partial charge in [-0.25, -0.2) is 0 Å². The highest BCUT2D eigenvalue weighted by Crippen LogP contribution is 2.39. The maximum Gasteiger partial charge on any atom is 0.195 e. The zero-order valence-electron chi connectivity index (χ0n) is 13.3. The highest BCUT2D eigenvalue weighted by Gasteiger charge is 2.38. The van der Waals surface area contributed by atoms with Crippen molar-refractivity contribution in [2.24, 2.45) is 0 Å². The molecule has 1 aliphatic heterocycles. The minimum absolute atomic E-state index is 0.632. The summed E-state index contributed by atoms with van der Waals surface area (Å²) in [6.45, 7) is 3.48. The average Bonchev–Trinajstić information content (AvgIpc) is 3.01. The largest absolute Gasteiger partial charge is 0.497 e. The molecule has 0 radical (unpaired) electrons. The lowest BCUT2D eigenvalue weighted by Gasteiger charge is -2.28. The third-order valence-corrected chi connectivity index (χ3v) is 3.90. The predicted octanol–water partition coefficient (Wildman–Crippen LogP) is 3.87. The third kappa shape index (κ3) is 3.89. The number of methoxy groups -OCH3 is 2. The molecule has 21 heavy (non-hydrogen) atoms. The van der Waals surface area contributed by atoms with E-state index < -0.39 is 5.79 Å². The van der Waals surface area contributed by atoms with Crippen molar-refractivity contribution in [3.05, 3.63) is 23.8 Å². The van der Waals surface area contributed by atoms with E-state index in [1.807, 2.05) is 18.2 Å². The molecule has 1 heterocycles. The van der Waals surface area contributed by atoms with Crippen LogP contribution in [0.25, 0.3) is 0 Å². The molecular weight excluding hydrogens is 268 g/mol. The Kier molecular flexibility index (Phi) is 5.88. The van der Waals surface area contributed by atoms with E-state index in [4.69, 9.17) is 18.9 Å². The summed E-state index contributed by atoms with van der Waals surface area (Å²) in [5.74, 6) is 0.878. The molecule has 0 N–H and O–H groups in total. The number of unbranched alkanes of at least 4 members (excludes halogenated alkanes) is 3. The van der Waals surface area contributed by atoms with Crippen LogP contribution in [0.15, 0.2) is 18.2 Å². The summed E-state index contributed by atoms with van der Waals surface area (Å²) in [6, 6.07) is 5.82. The Bertz CT molecular complexity index is 416. The zero-order chi connectivity index (χ0) is 15.1. The molecule has 1 aromatic carbocycles. The van der Waals surface area contributed by atoms with E-state index in [9.17, 15) is 0 Å². The molecule has 0 bridgehead atoms. The predicted molar refractivity (Wildman–Crippen MR) is 81.9 cm³/mol. The maximum atomic E-state index is 5.97. The first kappa shape index (κ1) is 16.1. The van der Waals surface area contributed by atoms with Crippen LogP contribution in [0.4, 0.5) is 0 Å². The first-order chi connectivity index (χ1) is 10.2. The van der Waals surface area contributed by atoms with Crippen LogP contribution in [-0.4, -0.2) is 27.4 Å². The van der Waals surface area contributed by atoms with Crippen LogP contribution in [0.1, 0.15) is 44.6 Å². The normalized spacial score (nSPS) is 16.9. The van der Waals surface area contributed by atoms with Crippen LogP contribution in [0.2, 0.25) is 0 Å². The highest BCUT2D eigenvalue weighted by atomic mass is 16.7. The lowest BCUT2D eigenvalue weighted by atomic mass is 9.98. The van der Waals surface area contributed by atoms with Gasteiger partial charge in [0.15, 0.2) is 5.79 Å². The summed E-state index contributed by atoms with van der Waals surface area (Å²) in [7, 11) is 3.31. The molecule has 0 saturated carbocycles. The smallest absolute Gasteiger partial charge is 0.195 e. The molecule has 4 nitrogen and oxygen atoms in total. The molecule has 4 heteroatoms. The Morgan fingerprint density at radius 3 is 2.10 bits per heavy atom. The molecule has 1 aliphatic rings. The van der Waals surface area contributed by atoms with Crippen LogP contribution in [0.5, 0.6) is 11.5 Å². The van der Waals surface area contributed by atoms with E-state index in [0.29, 0.717) is 13.2 Å². The van der Waals surface area contributed by atoms with Gasteiger partial charge in [0.25, 0.3) is 0 Å². The van der Waals surface area contributed by atoms with Gasteiger partial charge in [-0.15, -0.1) is 0 Å². The van der Waals surface area contributed by atoms with Crippen molar-refractivity contribution in [2.45, 2.75) is 44.8 Å². The van der Waals surface area contributed by atoms with Crippen LogP contribution in [-0.2, 0) is 15.3 Å². The molecule has 0 amide bonds. The second-order valence-corrected chi connectivity index (χ2v) is 5.36. The van der Waals surface area contributed by atoms with Gasteiger partial charge in [0, 0.05) is 18.1 Å². The minimum atomic E-state index is -0.643. The Morgan fingerprint density at radius 1 is 0.952 bits per heavy atom. The van der Waals surface area contributed by atoms with Crippen LogP contribution in [0, 0.1) is 0 Å². The van der Waals surface area contributed by atoms with Crippen molar-refractivity contribution in [1.29, 1.82) is 0 Å². The van der Waals surface area contributed by atoms with Gasteiger partial charge < -0.3 is 18.9 Å². The molecule has 118 valence electrons. The number of ether oxygens (including phenoxy) is 4. The van der Waals surface area contributed by atoms with Gasteiger partial charge in [-0.2, -0.15) is 0 Å². The summed E-state index contributed by atoms with van der Waals surface area (Å²) in [5, 5.41) is 0. The molecule has 2 rings (SSSR count). The molecule has 0 aromatic heterocycles. The van der Waals surface area contributed by atoms with E-state index in [-0.39, 0.29) is 0 Å². The summed E-state index contributed by atoms with van der Waals surface area (Å²) in [6.07, 6.45) is 5.63. The SMILES string of the molecule is CCCCCCC1(c2cc(OC)cc(OC)c2)OCCO1. The van der Waals surface area contributed by atoms with Crippen molar-refractivity contribution in [2.75, 3.05) is 27.4 Å². The third-order valence-electron chi connectivity index (χ3n) is 3.90. The molecule has 0 spiro atoms. The van der Waals surface area contributed by atoms with E-state index in [1.165, 1.54) is 19.3 Å². The van der Waals surface area contributed by atoms with E-state index in [0.717, 1.165) is 29.9 Å². The Labute approximate surface area is 127 Å². The van der Waals surface area contributed by atoms with Gasteiger partial charge in [0.05, 0.1) is 27.4 Å². The first-order valence-corrected chi connectivity index (χ1v) is 7.75. The highest BCUT2D eigenvalue weighted by molar-refractivity contribution is 5.40. The van der Waals surface area contributed by atoms with Crippen LogP contribution in [0.3, 0.4) is 0 Å². The quantitative estimate of drug-likeness (QED) is 0.682. The van der Waals surface area contributed by atoms with Gasteiger partial charge in [0.2, 0.25) is 0 Å². The second-order valence-electron chi connectivity index (χ2n) is 5.36. The minimum Gasteiger partial charge on any atom is -0.497 e. The topological polar surface area (TPSA) is 36.9 Å². The average molecular weight is 294 g/mol. The Morgan fingerprint density at radius 2 is 1.57 bits per heavy atom. The summed E-state index contributed by atoms with van der Waals surface area (Å²) < 4.78 is 22.7.